The largest absolute Gasteiger partial charge is 0.299 e. The van der Waals surface area contributed by atoms with Crippen molar-refractivity contribution in [3.05, 3.63) is 59.1 Å². The van der Waals surface area contributed by atoms with Gasteiger partial charge in [0.2, 0.25) is 11.0 Å². The normalized spacial score (nSPS) is 11.5. The smallest absolute Gasteiger partial charge is 0.264 e. The Hall–Kier alpha value is -1.95. The molecule has 0 spiro atoms. The van der Waals surface area contributed by atoms with Crippen LogP contribution in [-0.4, -0.2) is 36.8 Å². The van der Waals surface area contributed by atoms with Crippen molar-refractivity contribution < 1.29 is 13.2 Å². The van der Waals surface area contributed by atoms with Gasteiger partial charge in [-0.1, -0.05) is 71.1 Å². The lowest BCUT2D eigenvalue weighted by Gasteiger charge is -2.24. The molecular formula is C20H21BrN4O3S3. The van der Waals surface area contributed by atoms with Gasteiger partial charge in [0.15, 0.2) is 4.34 Å². The zero-order valence-electron chi connectivity index (χ0n) is 16.9. The third-order valence-corrected chi connectivity index (χ3v) is 8.64. The molecule has 0 aliphatic carbocycles. The Morgan fingerprint density at radius 3 is 2.45 bits per heavy atom. The predicted molar refractivity (Wildman–Crippen MR) is 129 cm³/mol. The van der Waals surface area contributed by atoms with E-state index in [0.717, 1.165) is 18.9 Å². The number of carbonyl (C=O) groups excluding carboxylic acids is 1. The van der Waals surface area contributed by atoms with Crippen LogP contribution in [-0.2, 0) is 14.8 Å². The molecule has 1 N–H and O–H groups in total. The zero-order valence-corrected chi connectivity index (χ0v) is 20.9. The lowest BCUT2D eigenvalue weighted by molar-refractivity contribution is -0.114. The van der Waals surface area contributed by atoms with Crippen molar-refractivity contribution in [2.24, 2.45) is 5.92 Å². The minimum atomic E-state index is -3.95. The van der Waals surface area contributed by atoms with Gasteiger partial charge in [0.1, 0.15) is 6.54 Å². The fourth-order valence-electron chi connectivity index (χ4n) is 2.49. The summed E-state index contributed by atoms with van der Waals surface area (Å²) in [5.74, 6) is 0.906. The highest BCUT2D eigenvalue weighted by Gasteiger charge is 2.27. The molecule has 0 aliphatic rings. The number of halogens is 1. The SMILES string of the molecule is CC(C)CSc1nnc(NC(=O)CN(c2ccc(Br)cc2)S(=O)(=O)c2ccccc2)s1. The van der Waals surface area contributed by atoms with Crippen molar-refractivity contribution in [3.63, 3.8) is 0 Å². The van der Waals surface area contributed by atoms with Crippen LogP contribution in [0.5, 0.6) is 0 Å². The molecular weight excluding hydrogens is 520 g/mol. The summed E-state index contributed by atoms with van der Waals surface area (Å²) >= 11 is 6.19. The van der Waals surface area contributed by atoms with E-state index in [4.69, 9.17) is 0 Å². The van der Waals surface area contributed by atoms with Crippen LogP contribution in [0.25, 0.3) is 0 Å². The van der Waals surface area contributed by atoms with Crippen LogP contribution in [0.3, 0.4) is 0 Å². The minimum absolute atomic E-state index is 0.106. The number of thioether (sulfide) groups is 1. The molecule has 0 aliphatic heterocycles. The first-order chi connectivity index (χ1) is 14.8. The summed E-state index contributed by atoms with van der Waals surface area (Å²) < 4.78 is 29.2. The fourth-order valence-corrected chi connectivity index (χ4v) is 5.94. The van der Waals surface area contributed by atoms with E-state index in [0.29, 0.717) is 16.7 Å². The van der Waals surface area contributed by atoms with Crippen molar-refractivity contribution in [3.8, 4) is 0 Å². The number of carbonyl (C=O) groups is 1. The van der Waals surface area contributed by atoms with E-state index in [2.05, 4.69) is 45.3 Å². The van der Waals surface area contributed by atoms with Gasteiger partial charge in [-0.15, -0.1) is 10.2 Å². The molecule has 1 amide bonds. The Morgan fingerprint density at radius 1 is 1.13 bits per heavy atom. The maximum atomic E-state index is 13.3. The molecule has 0 radical (unpaired) electrons. The molecule has 0 unspecified atom stereocenters. The molecule has 0 atom stereocenters. The predicted octanol–water partition coefficient (Wildman–Crippen LogP) is 4.88. The molecule has 164 valence electrons. The molecule has 1 aromatic heterocycles. The summed E-state index contributed by atoms with van der Waals surface area (Å²) in [7, 11) is -3.95. The summed E-state index contributed by atoms with van der Waals surface area (Å²) in [6, 6.07) is 14.8. The maximum absolute atomic E-state index is 13.3. The second kappa shape index (κ2) is 10.6. The van der Waals surface area contributed by atoms with Gasteiger partial charge in [0.05, 0.1) is 10.6 Å². The third kappa shape index (κ3) is 6.52. The van der Waals surface area contributed by atoms with Gasteiger partial charge in [-0.25, -0.2) is 8.42 Å². The molecule has 0 bridgehead atoms. The van der Waals surface area contributed by atoms with Gasteiger partial charge >= 0.3 is 0 Å². The lowest BCUT2D eigenvalue weighted by atomic mass is 10.3. The van der Waals surface area contributed by atoms with Gasteiger partial charge in [0, 0.05) is 10.2 Å². The summed E-state index contributed by atoms with van der Waals surface area (Å²) in [6.07, 6.45) is 0. The standard InChI is InChI=1S/C20H21BrN4O3S3/c1-14(2)13-29-20-24-23-19(30-20)22-18(26)12-25(16-10-8-15(21)9-11-16)31(27,28)17-6-4-3-5-7-17/h3-11,14H,12-13H2,1-2H3,(H,22,23,26). The quantitative estimate of drug-likeness (QED) is 0.307. The molecule has 31 heavy (non-hydrogen) atoms. The first-order valence-corrected chi connectivity index (χ1v) is 13.4. The minimum Gasteiger partial charge on any atom is -0.299 e. The second-order valence-electron chi connectivity index (χ2n) is 6.93. The Bertz CT molecular complexity index is 1120. The number of nitrogens with zero attached hydrogens (tertiary/aromatic N) is 3. The molecule has 0 saturated carbocycles. The molecule has 7 nitrogen and oxygen atoms in total. The number of rotatable bonds is 9. The number of nitrogens with one attached hydrogen (secondary N) is 1. The highest BCUT2D eigenvalue weighted by atomic mass is 79.9. The van der Waals surface area contributed by atoms with Gasteiger partial charge in [-0.3, -0.25) is 14.4 Å². The van der Waals surface area contributed by atoms with Crippen molar-refractivity contribution in [2.45, 2.75) is 23.1 Å². The van der Waals surface area contributed by atoms with Gasteiger partial charge in [0.25, 0.3) is 10.0 Å². The molecule has 2 aromatic carbocycles. The maximum Gasteiger partial charge on any atom is 0.264 e. The van der Waals surface area contributed by atoms with Gasteiger partial charge in [-0.2, -0.15) is 0 Å². The van der Waals surface area contributed by atoms with Crippen molar-refractivity contribution in [1.82, 2.24) is 10.2 Å². The Balaban J connectivity index is 1.80. The summed E-state index contributed by atoms with van der Waals surface area (Å²) in [5.41, 5.74) is 0.382. The molecule has 3 aromatic rings. The average Bonchev–Trinajstić information content (AvgIpc) is 3.19. The highest BCUT2D eigenvalue weighted by Crippen LogP contribution is 2.28. The Kier molecular flexibility index (Phi) is 8.09. The molecule has 0 saturated heterocycles. The van der Waals surface area contributed by atoms with Crippen LogP contribution < -0.4 is 9.62 Å². The fraction of sp³-hybridized carbons (Fsp3) is 0.250. The van der Waals surface area contributed by atoms with Crippen LogP contribution in [0.15, 0.2) is 68.3 Å². The van der Waals surface area contributed by atoms with Crippen molar-refractivity contribution in [1.29, 1.82) is 0 Å². The lowest BCUT2D eigenvalue weighted by Crippen LogP contribution is -2.38. The van der Waals surface area contributed by atoms with Crippen LogP contribution in [0.1, 0.15) is 13.8 Å². The molecule has 1 heterocycles. The number of hydrogen-bond acceptors (Lipinski definition) is 7. The first kappa shape index (κ1) is 23.7. The van der Waals surface area contributed by atoms with E-state index in [1.807, 2.05) is 0 Å². The van der Waals surface area contributed by atoms with Crippen molar-refractivity contribution in [2.75, 3.05) is 21.9 Å². The Labute approximate surface area is 198 Å². The van der Waals surface area contributed by atoms with E-state index >= 15 is 0 Å². The number of sulfonamides is 1. The molecule has 11 heteroatoms. The van der Waals surface area contributed by atoms with Crippen LogP contribution >= 0.6 is 39.0 Å². The van der Waals surface area contributed by atoms with E-state index in [-0.39, 0.29) is 4.90 Å². The number of aromatic nitrogens is 2. The third-order valence-electron chi connectivity index (χ3n) is 3.93. The van der Waals surface area contributed by atoms with Crippen molar-refractivity contribution >= 4 is 65.8 Å². The summed E-state index contributed by atoms with van der Waals surface area (Å²) in [5, 5.41) is 11.1. The van der Waals surface area contributed by atoms with Crippen LogP contribution in [0.4, 0.5) is 10.8 Å². The van der Waals surface area contributed by atoms with Gasteiger partial charge in [-0.05, 0) is 42.3 Å². The highest BCUT2D eigenvalue weighted by molar-refractivity contribution is 9.10. The first-order valence-electron chi connectivity index (χ1n) is 9.35. The van der Waals surface area contributed by atoms with Crippen LogP contribution in [0, 0.1) is 5.92 Å². The summed E-state index contributed by atoms with van der Waals surface area (Å²) in [4.78, 5) is 12.8. The van der Waals surface area contributed by atoms with E-state index < -0.39 is 22.5 Å². The van der Waals surface area contributed by atoms with Crippen LogP contribution in [0.2, 0.25) is 0 Å². The molecule has 0 fully saturated rings. The van der Waals surface area contributed by atoms with E-state index in [1.54, 1.807) is 54.2 Å². The van der Waals surface area contributed by atoms with E-state index in [9.17, 15) is 13.2 Å². The summed E-state index contributed by atoms with van der Waals surface area (Å²) in [6.45, 7) is 3.83. The molecule has 3 rings (SSSR count). The number of amides is 1. The zero-order chi connectivity index (χ0) is 22.4. The number of hydrogen-bond donors (Lipinski definition) is 1. The Morgan fingerprint density at radius 2 is 1.81 bits per heavy atom. The topological polar surface area (TPSA) is 92.3 Å². The number of benzene rings is 2. The van der Waals surface area contributed by atoms with Gasteiger partial charge < -0.3 is 0 Å². The van der Waals surface area contributed by atoms with E-state index in [1.165, 1.54) is 23.5 Å². The second-order valence-corrected chi connectivity index (χ2v) is 11.9. The number of anilines is 2. The average molecular weight is 542 g/mol. The monoisotopic (exact) mass is 540 g/mol.